The highest BCUT2D eigenvalue weighted by Crippen LogP contribution is 2.39. The van der Waals surface area contributed by atoms with E-state index in [2.05, 4.69) is 10.6 Å². The second kappa shape index (κ2) is 7.47. The summed E-state index contributed by atoms with van der Waals surface area (Å²) in [6, 6.07) is 22.9. The molecule has 0 aromatic heterocycles. The fraction of sp³-hybridized carbons (Fsp3) is 0.200. The maximum atomic E-state index is 13.6. The van der Waals surface area contributed by atoms with Gasteiger partial charge in [-0.3, -0.25) is 9.59 Å². The van der Waals surface area contributed by atoms with E-state index in [1.54, 1.807) is 18.1 Å². The average Bonchev–Trinajstić information content (AvgIpc) is 2.80. The number of nitrogens with zero attached hydrogens (tertiary/aromatic N) is 1. The summed E-state index contributed by atoms with van der Waals surface area (Å²) in [6.07, 6.45) is 0.997. The van der Waals surface area contributed by atoms with E-state index in [1.165, 1.54) is 0 Å². The lowest BCUT2D eigenvalue weighted by Crippen LogP contribution is -2.68. The van der Waals surface area contributed by atoms with Gasteiger partial charge in [0, 0.05) is 24.3 Å². The van der Waals surface area contributed by atoms with Crippen molar-refractivity contribution in [3.05, 3.63) is 89.5 Å². The van der Waals surface area contributed by atoms with E-state index in [0.717, 1.165) is 16.8 Å². The Hall–Kier alpha value is -3.80. The molecule has 0 unspecified atom stereocenters. The zero-order chi connectivity index (χ0) is 21.4. The predicted octanol–water partition coefficient (Wildman–Crippen LogP) is 3.70. The molecule has 2 amide bonds. The molecule has 1 spiro atoms. The maximum Gasteiger partial charge on any atom is 0.271 e. The largest absolute Gasteiger partial charge is 0.497 e. The first-order valence-electron chi connectivity index (χ1n) is 10.3. The molecule has 2 aliphatic heterocycles. The van der Waals surface area contributed by atoms with Gasteiger partial charge in [0.05, 0.1) is 12.7 Å². The van der Waals surface area contributed by atoms with Crippen LogP contribution in [-0.2, 0) is 17.6 Å². The van der Waals surface area contributed by atoms with E-state index in [9.17, 15) is 9.59 Å². The molecular formula is C25H23N3O3. The van der Waals surface area contributed by atoms with Gasteiger partial charge in [-0.05, 0) is 47.9 Å². The number of nitrogens with one attached hydrogen (secondary N) is 2. The second-order valence-corrected chi connectivity index (χ2v) is 7.88. The van der Waals surface area contributed by atoms with Gasteiger partial charge in [0.1, 0.15) is 5.75 Å². The summed E-state index contributed by atoms with van der Waals surface area (Å²) >= 11 is 0. The number of hydrogen-bond acceptors (Lipinski definition) is 4. The predicted molar refractivity (Wildman–Crippen MR) is 119 cm³/mol. The number of ether oxygens (including phenoxy) is 1. The molecule has 0 aliphatic carbocycles. The van der Waals surface area contributed by atoms with Crippen LogP contribution in [0.4, 0.5) is 11.4 Å². The molecule has 2 N–H and O–H groups in total. The molecule has 1 atom stereocenters. The average molecular weight is 413 g/mol. The van der Waals surface area contributed by atoms with Gasteiger partial charge in [-0.25, -0.2) is 0 Å². The molecule has 3 aromatic carbocycles. The number of carbonyl (C=O) groups is 2. The molecule has 156 valence electrons. The van der Waals surface area contributed by atoms with Gasteiger partial charge in [0.2, 0.25) is 0 Å². The molecule has 5 rings (SSSR count). The van der Waals surface area contributed by atoms with Crippen molar-refractivity contribution in [2.75, 3.05) is 24.3 Å². The van der Waals surface area contributed by atoms with Gasteiger partial charge in [0.15, 0.2) is 5.66 Å². The monoisotopic (exact) mass is 413 g/mol. The standard InChI is InChI=1S/C25H23N3O3/c1-31-19-11-12-21-18(15-19)16-25(24(30)26-21)27-22-10-6-5-9-20(22)23(29)28(25)14-13-17-7-3-2-4-8-17/h2-12,15,27H,13-14,16H2,1H3,(H,26,30)/t25-/m1/s1. The molecule has 3 aromatic rings. The van der Waals surface area contributed by atoms with Crippen molar-refractivity contribution in [1.82, 2.24) is 4.90 Å². The highest BCUT2D eigenvalue weighted by Gasteiger charge is 2.52. The Balaban J connectivity index is 1.57. The number of carbonyl (C=O) groups excluding carboxylic acids is 2. The van der Waals surface area contributed by atoms with Crippen LogP contribution in [0.15, 0.2) is 72.8 Å². The third-order valence-electron chi connectivity index (χ3n) is 6.05. The van der Waals surface area contributed by atoms with E-state index in [-0.39, 0.29) is 11.8 Å². The van der Waals surface area contributed by atoms with Crippen LogP contribution in [0, 0.1) is 0 Å². The van der Waals surface area contributed by atoms with Crippen molar-refractivity contribution in [2.24, 2.45) is 0 Å². The minimum Gasteiger partial charge on any atom is -0.497 e. The quantitative estimate of drug-likeness (QED) is 0.684. The molecule has 0 radical (unpaired) electrons. The zero-order valence-electron chi connectivity index (χ0n) is 17.2. The van der Waals surface area contributed by atoms with Crippen molar-refractivity contribution < 1.29 is 14.3 Å². The Kier molecular flexibility index (Phi) is 4.62. The van der Waals surface area contributed by atoms with Gasteiger partial charge < -0.3 is 20.3 Å². The van der Waals surface area contributed by atoms with Crippen LogP contribution in [0.2, 0.25) is 0 Å². The Morgan fingerprint density at radius 3 is 2.55 bits per heavy atom. The van der Waals surface area contributed by atoms with E-state index in [1.807, 2.05) is 66.7 Å². The van der Waals surface area contributed by atoms with Crippen molar-refractivity contribution in [3.63, 3.8) is 0 Å². The molecular weight excluding hydrogens is 390 g/mol. The van der Waals surface area contributed by atoms with E-state index < -0.39 is 5.66 Å². The molecule has 6 nitrogen and oxygen atoms in total. The molecule has 0 fully saturated rings. The fourth-order valence-electron chi connectivity index (χ4n) is 4.43. The van der Waals surface area contributed by atoms with Crippen LogP contribution in [0.1, 0.15) is 21.5 Å². The van der Waals surface area contributed by atoms with Gasteiger partial charge in [-0.1, -0.05) is 42.5 Å². The Morgan fingerprint density at radius 1 is 0.968 bits per heavy atom. The zero-order valence-corrected chi connectivity index (χ0v) is 17.2. The minimum atomic E-state index is -1.21. The van der Waals surface area contributed by atoms with Crippen molar-refractivity contribution in [2.45, 2.75) is 18.5 Å². The highest BCUT2D eigenvalue weighted by molar-refractivity contribution is 6.11. The van der Waals surface area contributed by atoms with E-state index in [4.69, 9.17) is 4.74 Å². The van der Waals surface area contributed by atoms with E-state index >= 15 is 0 Å². The SMILES string of the molecule is COc1ccc2c(c1)C[C@]1(Nc3ccccc3C(=O)N1CCc1ccccc1)C(=O)N2. The third kappa shape index (κ3) is 3.20. The van der Waals surface area contributed by atoms with Crippen LogP contribution in [0.25, 0.3) is 0 Å². The first-order chi connectivity index (χ1) is 15.1. The smallest absolute Gasteiger partial charge is 0.271 e. The van der Waals surface area contributed by atoms with Gasteiger partial charge in [-0.2, -0.15) is 0 Å². The van der Waals surface area contributed by atoms with Crippen LogP contribution in [0.3, 0.4) is 0 Å². The number of benzene rings is 3. The minimum absolute atomic E-state index is 0.147. The lowest BCUT2D eigenvalue weighted by atomic mass is 9.87. The van der Waals surface area contributed by atoms with Crippen LogP contribution in [0.5, 0.6) is 5.75 Å². The van der Waals surface area contributed by atoms with Crippen LogP contribution >= 0.6 is 0 Å². The van der Waals surface area contributed by atoms with Crippen LogP contribution < -0.4 is 15.4 Å². The second-order valence-electron chi connectivity index (χ2n) is 7.88. The lowest BCUT2D eigenvalue weighted by molar-refractivity contribution is -0.126. The number of amides is 2. The summed E-state index contributed by atoms with van der Waals surface area (Å²) in [5.74, 6) is 0.330. The van der Waals surface area contributed by atoms with Crippen molar-refractivity contribution in [1.29, 1.82) is 0 Å². The third-order valence-corrected chi connectivity index (χ3v) is 6.05. The number of para-hydroxylation sites is 1. The lowest BCUT2D eigenvalue weighted by Gasteiger charge is -2.49. The topological polar surface area (TPSA) is 70.7 Å². The number of anilines is 2. The molecule has 0 saturated carbocycles. The van der Waals surface area contributed by atoms with Gasteiger partial charge in [-0.15, -0.1) is 0 Å². The van der Waals surface area contributed by atoms with Crippen molar-refractivity contribution in [3.8, 4) is 5.75 Å². The number of methoxy groups -OCH3 is 1. The molecule has 2 aliphatic rings. The Morgan fingerprint density at radius 2 is 1.74 bits per heavy atom. The Bertz CT molecular complexity index is 1160. The summed E-state index contributed by atoms with van der Waals surface area (Å²) in [5.41, 5.74) is 2.81. The number of rotatable bonds is 4. The first kappa shape index (κ1) is 19.2. The molecule has 2 heterocycles. The van der Waals surface area contributed by atoms with Crippen molar-refractivity contribution >= 4 is 23.2 Å². The molecule has 0 saturated heterocycles. The number of hydrogen-bond donors (Lipinski definition) is 2. The van der Waals surface area contributed by atoms with Gasteiger partial charge >= 0.3 is 0 Å². The van der Waals surface area contributed by atoms with Crippen LogP contribution in [-0.4, -0.2) is 36.0 Å². The maximum absolute atomic E-state index is 13.6. The van der Waals surface area contributed by atoms with E-state index in [0.29, 0.717) is 36.4 Å². The highest BCUT2D eigenvalue weighted by atomic mass is 16.5. The molecule has 6 heteroatoms. The van der Waals surface area contributed by atoms with Gasteiger partial charge in [0.25, 0.3) is 11.8 Å². The first-order valence-corrected chi connectivity index (χ1v) is 10.3. The summed E-state index contributed by atoms with van der Waals surface area (Å²) in [6.45, 7) is 0.414. The Labute approximate surface area is 180 Å². The summed E-state index contributed by atoms with van der Waals surface area (Å²) < 4.78 is 5.38. The summed E-state index contributed by atoms with van der Waals surface area (Å²) in [5, 5.41) is 6.41. The summed E-state index contributed by atoms with van der Waals surface area (Å²) in [7, 11) is 1.61. The fourth-order valence-corrected chi connectivity index (χ4v) is 4.43. The number of fused-ring (bicyclic) bond motifs is 2. The summed E-state index contributed by atoms with van der Waals surface area (Å²) in [4.78, 5) is 28.7. The molecule has 0 bridgehead atoms. The molecule has 31 heavy (non-hydrogen) atoms. The normalized spacial score (nSPS) is 19.3.